The van der Waals surface area contributed by atoms with Gasteiger partial charge in [-0.15, -0.1) is 0 Å². The molecule has 1 atom stereocenters. The van der Waals surface area contributed by atoms with Crippen LogP contribution >= 0.6 is 0 Å². The van der Waals surface area contributed by atoms with Crippen molar-refractivity contribution in [2.45, 2.75) is 83.6 Å². The molecule has 0 saturated heterocycles. The Morgan fingerprint density at radius 3 is 1.52 bits per heavy atom. The Hall–Kier alpha value is -2.19. The molecule has 0 spiro atoms. The summed E-state index contributed by atoms with van der Waals surface area (Å²) in [6.07, 6.45) is -0.820. The summed E-state index contributed by atoms with van der Waals surface area (Å²) in [5.41, 5.74) is -1.93. The van der Waals surface area contributed by atoms with Crippen LogP contribution in [0.4, 0.5) is 26.7 Å². The molecule has 0 aliphatic carbocycles. The lowest BCUT2D eigenvalue weighted by molar-refractivity contribution is -0.128. The maximum atomic E-state index is 13.7. The van der Waals surface area contributed by atoms with Crippen molar-refractivity contribution in [3.63, 3.8) is 0 Å². The highest BCUT2D eigenvalue weighted by Crippen LogP contribution is 2.55. The Bertz CT molecular complexity index is 808. The van der Waals surface area contributed by atoms with Gasteiger partial charge < -0.3 is 14.3 Å². The minimum absolute atomic E-state index is 0. The lowest BCUT2D eigenvalue weighted by Gasteiger charge is -2.53. The van der Waals surface area contributed by atoms with Crippen LogP contribution in [0.5, 0.6) is 5.75 Å². The van der Waals surface area contributed by atoms with Crippen LogP contribution in [-0.2, 0) is 9.53 Å². The zero-order valence-corrected chi connectivity index (χ0v) is 18.1. The normalized spacial score (nSPS) is 13.0. The van der Waals surface area contributed by atoms with Gasteiger partial charge >= 0.3 is 6.16 Å². The highest BCUT2D eigenvalue weighted by atomic mass is 19.2. The summed E-state index contributed by atoms with van der Waals surface area (Å²) < 4.78 is 76.5. The predicted molar refractivity (Wildman–Crippen MR) is 120 cm³/mol. The average molecular weight is 487 g/mol. The fourth-order valence-electron chi connectivity index (χ4n) is 3.50. The van der Waals surface area contributed by atoms with Crippen LogP contribution in [-0.4, -0.2) is 18.5 Å². The molecule has 0 fully saturated rings. The monoisotopic (exact) mass is 486 g/mol. The minimum atomic E-state index is -2.37. The van der Waals surface area contributed by atoms with Gasteiger partial charge in [-0.25, -0.2) is 18.0 Å². The number of hydrogen-bond acceptors (Lipinski definition) is 4. The van der Waals surface area contributed by atoms with Crippen LogP contribution < -0.4 is 4.74 Å². The van der Waals surface area contributed by atoms with Crippen LogP contribution in [0.2, 0.25) is 0 Å². The molecule has 33 heavy (non-hydrogen) atoms. The van der Waals surface area contributed by atoms with Gasteiger partial charge in [-0.2, -0.15) is 8.78 Å². The number of carbonyl (C=O) groups excluding carboxylic acids is 2. The second-order valence-electron chi connectivity index (χ2n) is 8.87. The number of ether oxygens (including phenoxy) is 2. The second kappa shape index (κ2) is 12.3. The number of Topliss-reactive ketones (excluding diaryl/α,β-unsaturated/α-hetero) is 1. The SMILES string of the molecule is C.C.C.CCC(C)(C)C(C)(COC(=O)Oc1c(F)c(F)c(F)c(F)c1F)C(C)(C)CC(C)=O. The fraction of sp³-hybridized carbons (Fsp3) is 0.667. The standard InChI is InChI=1S/C21H27F5O4.3CH4/c1-8-19(3,4)21(7,20(5,6)9-11(2)27)10-29-18(28)30-17-15(25)13(23)12(22)14(24)16(17)26;;;/h8-10H2,1-7H3;3*1H4. The van der Waals surface area contributed by atoms with Crippen molar-refractivity contribution in [3.8, 4) is 5.75 Å². The Kier molecular flexibility index (Phi) is 13.2. The molecule has 0 radical (unpaired) electrons. The van der Waals surface area contributed by atoms with Gasteiger partial charge in [-0.3, -0.25) is 0 Å². The molecule has 1 unspecified atom stereocenters. The maximum Gasteiger partial charge on any atom is 0.514 e. The Morgan fingerprint density at radius 2 is 1.15 bits per heavy atom. The van der Waals surface area contributed by atoms with Crippen molar-refractivity contribution in [2.75, 3.05) is 6.61 Å². The summed E-state index contributed by atoms with van der Waals surface area (Å²) in [5.74, 6) is -13.2. The summed E-state index contributed by atoms with van der Waals surface area (Å²) in [4.78, 5) is 23.8. The third-order valence-electron chi connectivity index (χ3n) is 6.40. The first-order chi connectivity index (χ1) is 13.5. The van der Waals surface area contributed by atoms with E-state index in [-0.39, 0.29) is 41.1 Å². The topological polar surface area (TPSA) is 52.6 Å². The molecule has 1 aromatic rings. The Balaban J connectivity index is -0.00000300. The molecule has 1 rings (SSSR count). The molecule has 1 aromatic carbocycles. The zero-order chi connectivity index (χ0) is 23.7. The number of benzene rings is 1. The minimum Gasteiger partial charge on any atom is -0.433 e. The van der Waals surface area contributed by atoms with E-state index in [0.29, 0.717) is 6.42 Å². The number of carbonyl (C=O) groups is 2. The van der Waals surface area contributed by atoms with Crippen LogP contribution in [0.3, 0.4) is 0 Å². The third-order valence-corrected chi connectivity index (χ3v) is 6.40. The van der Waals surface area contributed by atoms with E-state index in [1.807, 2.05) is 34.6 Å². The van der Waals surface area contributed by atoms with Crippen LogP contribution in [0, 0.1) is 45.3 Å². The van der Waals surface area contributed by atoms with Gasteiger partial charge in [0.05, 0.1) is 0 Å². The van der Waals surface area contributed by atoms with Gasteiger partial charge in [0, 0.05) is 11.8 Å². The van der Waals surface area contributed by atoms with Crippen LogP contribution in [0.1, 0.15) is 83.6 Å². The van der Waals surface area contributed by atoms with Gasteiger partial charge in [-0.05, 0) is 17.8 Å². The number of hydrogen-bond donors (Lipinski definition) is 0. The summed E-state index contributed by atoms with van der Waals surface area (Å²) in [6, 6.07) is 0. The van der Waals surface area contributed by atoms with E-state index in [1.54, 1.807) is 6.92 Å². The van der Waals surface area contributed by atoms with E-state index < -0.39 is 57.2 Å². The molecule has 4 nitrogen and oxygen atoms in total. The molecule has 0 aliphatic rings. The van der Waals surface area contributed by atoms with Crippen molar-refractivity contribution >= 4 is 11.9 Å². The fourth-order valence-corrected chi connectivity index (χ4v) is 3.50. The van der Waals surface area contributed by atoms with Crippen molar-refractivity contribution < 1.29 is 41.0 Å². The lowest BCUT2D eigenvalue weighted by Crippen LogP contribution is -2.51. The van der Waals surface area contributed by atoms with Crippen LogP contribution in [0.15, 0.2) is 0 Å². The highest BCUT2D eigenvalue weighted by Gasteiger charge is 2.52. The predicted octanol–water partition coefficient (Wildman–Crippen LogP) is 8.25. The molecular formula is C24H39F5O4. The van der Waals surface area contributed by atoms with Gasteiger partial charge in [0.15, 0.2) is 0 Å². The quantitative estimate of drug-likeness (QED) is 0.122. The summed E-state index contributed by atoms with van der Waals surface area (Å²) in [6.45, 7) is 12.3. The first-order valence-electron chi connectivity index (χ1n) is 9.38. The molecule has 0 heterocycles. The van der Waals surface area contributed by atoms with E-state index >= 15 is 0 Å². The zero-order valence-electron chi connectivity index (χ0n) is 18.1. The largest absolute Gasteiger partial charge is 0.514 e. The number of halogens is 5. The molecule has 0 bridgehead atoms. The highest BCUT2D eigenvalue weighted by molar-refractivity contribution is 5.76. The van der Waals surface area contributed by atoms with Crippen molar-refractivity contribution in [3.05, 3.63) is 29.1 Å². The Morgan fingerprint density at radius 1 is 0.758 bits per heavy atom. The Labute approximate surface area is 194 Å². The van der Waals surface area contributed by atoms with Crippen molar-refractivity contribution in [1.29, 1.82) is 0 Å². The van der Waals surface area contributed by atoms with Crippen molar-refractivity contribution in [2.24, 2.45) is 16.2 Å². The lowest BCUT2D eigenvalue weighted by atomic mass is 9.52. The molecule has 0 saturated carbocycles. The molecule has 194 valence electrons. The summed E-state index contributed by atoms with van der Waals surface area (Å²) in [5, 5.41) is 0. The van der Waals surface area contributed by atoms with E-state index in [9.17, 15) is 31.5 Å². The maximum absolute atomic E-state index is 13.7. The number of ketones is 1. The number of rotatable bonds is 8. The summed E-state index contributed by atoms with van der Waals surface area (Å²) >= 11 is 0. The van der Waals surface area contributed by atoms with Gasteiger partial charge in [0.25, 0.3) is 0 Å². The van der Waals surface area contributed by atoms with Crippen molar-refractivity contribution in [1.82, 2.24) is 0 Å². The van der Waals surface area contributed by atoms with Crippen LogP contribution in [0.25, 0.3) is 0 Å². The van der Waals surface area contributed by atoms with E-state index in [4.69, 9.17) is 4.74 Å². The first kappa shape index (κ1) is 35.4. The molecule has 0 N–H and O–H groups in total. The van der Waals surface area contributed by atoms with Gasteiger partial charge in [0.2, 0.25) is 34.8 Å². The molecule has 0 aromatic heterocycles. The average Bonchev–Trinajstić information content (AvgIpc) is 2.64. The summed E-state index contributed by atoms with van der Waals surface area (Å²) in [7, 11) is 0. The van der Waals surface area contributed by atoms with E-state index in [0.717, 1.165) is 0 Å². The first-order valence-corrected chi connectivity index (χ1v) is 9.38. The van der Waals surface area contributed by atoms with Gasteiger partial charge in [0.1, 0.15) is 12.4 Å². The van der Waals surface area contributed by atoms with E-state index in [2.05, 4.69) is 4.74 Å². The molecule has 0 aliphatic heterocycles. The molecule has 9 heteroatoms. The third kappa shape index (κ3) is 6.90. The second-order valence-corrected chi connectivity index (χ2v) is 8.87. The van der Waals surface area contributed by atoms with Gasteiger partial charge in [-0.1, -0.05) is 70.2 Å². The molecule has 0 amide bonds. The smallest absolute Gasteiger partial charge is 0.433 e. The molecular weight excluding hydrogens is 447 g/mol. The van der Waals surface area contributed by atoms with E-state index in [1.165, 1.54) is 6.92 Å².